The second kappa shape index (κ2) is 13.3. The van der Waals surface area contributed by atoms with Crippen molar-refractivity contribution in [2.75, 3.05) is 6.61 Å². The van der Waals surface area contributed by atoms with E-state index in [4.69, 9.17) is 22.6 Å². The van der Waals surface area contributed by atoms with Crippen LogP contribution in [0.4, 0.5) is 0 Å². The third kappa shape index (κ3) is 29.7. The lowest BCUT2D eigenvalue weighted by Gasteiger charge is -2.08. The molecule has 112 valence electrons. The van der Waals surface area contributed by atoms with Gasteiger partial charge in [0.2, 0.25) is 0 Å². The zero-order valence-electron chi connectivity index (χ0n) is 11.4. The molecule has 0 rings (SSSR count). The van der Waals surface area contributed by atoms with Gasteiger partial charge in [-0.25, -0.2) is 0 Å². The Labute approximate surface area is 111 Å². The third-order valence-corrected chi connectivity index (χ3v) is 2.64. The van der Waals surface area contributed by atoms with Crippen molar-refractivity contribution in [3.63, 3.8) is 0 Å². The van der Waals surface area contributed by atoms with Gasteiger partial charge in [0.25, 0.3) is 0 Å². The Bertz CT molecular complexity index is 243. The molecule has 6 heteroatoms. The van der Waals surface area contributed by atoms with Crippen LogP contribution in [0.15, 0.2) is 0 Å². The molecular weight excluding hydrogens is 256 g/mol. The summed E-state index contributed by atoms with van der Waals surface area (Å²) in [5.74, 6) is 0.919. The summed E-state index contributed by atoms with van der Waals surface area (Å²) in [5.41, 5.74) is 0. The monoisotopic (exact) mass is 282 g/mol. The van der Waals surface area contributed by atoms with Crippen molar-refractivity contribution >= 4 is 10.4 Å². The molecule has 0 aromatic carbocycles. The number of aliphatic hydroxyl groups excluding tert-OH is 1. The summed E-state index contributed by atoms with van der Waals surface area (Å²) in [5, 5.41) is 8.58. The molecule has 1 N–H and O–H groups in total. The fraction of sp³-hybridized carbons (Fsp3) is 1.00. The van der Waals surface area contributed by atoms with Crippen LogP contribution in [0.5, 0.6) is 0 Å². The first-order chi connectivity index (χ1) is 8.31. The van der Waals surface area contributed by atoms with Gasteiger partial charge in [0.15, 0.2) is 0 Å². The Morgan fingerprint density at radius 2 is 1.44 bits per heavy atom. The van der Waals surface area contributed by atoms with Gasteiger partial charge in [0, 0.05) is 17.0 Å². The topological polar surface area (TPSA) is 100 Å². The van der Waals surface area contributed by atoms with Crippen LogP contribution in [0.2, 0.25) is 0 Å². The SMILES string of the molecule is CCCC(C)CCCCCCCO.O=S(=O)([O-])[O-]. The highest BCUT2D eigenvalue weighted by Gasteiger charge is 1.99. The molecule has 0 radical (unpaired) electrons. The molecule has 0 saturated carbocycles. The third-order valence-electron chi connectivity index (χ3n) is 2.64. The maximum Gasteiger partial charge on any atom is 0.0431 e. The number of hydrogen-bond donors (Lipinski definition) is 1. The van der Waals surface area contributed by atoms with Gasteiger partial charge >= 0.3 is 0 Å². The van der Waals surface area contributed by atoms with E-state index >= 15 is 0 Å². The predicted molar refractivity (Wildman–Crippen MR) is 69.3 cm³/mol. The molecule has 5 nitrogen and oxygen atoms in total. The highest BCUT2D eigenvalue weighted by molar-refractivity contribution is 7.79. The van der Waals surface area contributed by atoms with Gasteiger partial charge in [0.05, 0.1) is 0 Å². The lowest BCUT2D eigenvalue weighted by molar-refractivity contribution is 0.282. The number of unbranched alkanes of at least 4 members (excludes halogenated alkanes) is 4. The Morgan fingerprint density at radius 1 is 1.00 bits per heavy atom. The van der Waals surface area contributed by atoms with Crippen LogP contribution in [0.3, 0.4) is 0 Å². The molecule has 18 heavy (non-hydrogen) atoms. The maximum absolute atomic E-state index is 8.58. The van der Waals surface area contributed by atoms with Gasteiger partial charge < -0.3 is 14.2 Å². The average molecular weight is 282 g/mol. The van der Waals surface area contributed by atoms with Crippen LogP contribution in [-0.4, -0.2) is 29.2 Å². The molecule has 0 aliphatic carbocycles. The van der Waals surface area contributed by atoms with E-state index < -0.39 is 10.4 Å². The molecule has 0 heterocycles. The zero-order valence-corrected chi connectivity index (χ0v) is 12.2. The van der Waals surface area contributed by atoms with Gasteiger partial charge in [-0.15, -0.1) is 0 Å². The van der Waals surface area contributed by atoms with Crippen LogP contribution in [0.25, 0.3) is 0 Å². The fourth-order valence-electron chi connectivity index (χ4n) is 1.77. The average Bonchev–Trinajstić information content (AvgIpc) is 2.21. The van der Waals surface area contributed by atoms with Crippen molar-refractivity contribution in [3.8, 4) is 0 Å². The Balaban J connectivity index is 0. The lowest BCUT2D eigenvalue weighted by atomic mass is 9.98. The highest BCUT2D eigenvalue weighted by atomic mass is 32.3. The van der Waals surface area contributed by atoms with Gasteiger partial charge in [-0.05, 0) is 12.3 Å². The maximum atomic E-state index is 8.58. The Morgan fingerprint density at radius 3 is 1.89 bits per heavy atom. The molecule has 0 saturated heterocycles. The molecule has 0 aromatic rings. The minimum atomic E-state index is -5.17. The molecule has 0 aliphatic heterocycles. The molecule has 0 fully saturated rings. The molecule has 0 amide bonds. The zero-order chi connectivity index (χ0) is 14.4. The summed E-state index contributed by atoms with van der Waals surface area (Å²) in [7, 11) is -5.17. The van der Waals surface area contributed by atoms with Crippen molar-refractivity contribution in [3.05, 3.63) is 0 Å². The van der Waals surface area contributed by atoms with Crippen molar-refractivity contribution in [1.82, 2.24) is 0 Å². The molecule has 1 unspecified atom stereocenters. The van der Waals surface area contributed by atoms with Crippen molar-refractivity contribution in [1.29, 1.82) is 0 Å². The highest BCUT2D eigenvalue weighted by Crippen LogP contribution is 2.15. The quantitative estimate of drug-likeness (QED) is 0.397. The minimum Gasteiger partial charge on any atom is -0.759 e. The van der Waals surface area contributed by atoms with E-state index in [9.17, 15) is 0 Å². The first kappa shape index (κ1) is 20.2. The van der Waals surface area contributed by atoms with Crippen molar-refractivity contribution < 1.29 is 22.6 Å². The van der Waals surface area contributed by atoms with Crippen LogP contribution in [-0.2, 0) is 10.4 Å². The Kier molecular flexibility index (Phi) is 14.9. The van der Waals surface area contributed by atoms with E-state index in [1.165, 1.54) is 44.9 Å². The smallest absolute Gasteiger partial charge is 0.0431 e. The number of aliphatic hydroxyl groups is 1. The van der Waals surface area contributed by atoms with Crippen LogP contribution >= 0.6 is 0 Å². The van der Waals surface area contributed by atoms with E-state index in [0.717, 1.165) is 12.3 Å². The molecule has 1 atom stereocenters. The summed E-state index contributed by atoms with van der Waals surface area (Å²) >= 11 is 0. The Hall–Kier alpha value is -0.170. The van der Waals surface area contributed by atoms with E-state index in [0.29, 0.717) is 6.61 Å². The fourth-order valence-corrected chi connectivity index (χ4v) is 1.77. The number of rotatable bonds is 9. The number of hydrogen-bond acceptors (Lipinski definition) is 5. The summed E-state index contributed by atoms with van der Waals surface area (Å²) in [6.07, 6.45) is 10.3. The molecule has 0 aromatic heterocycles. The first-order valence-corrected chi connectivity index (χ1v) is 7.92. The molecular formula is C12H26O5S-2. The van der Waals surface area contributed by atoms with Gasteiger partial charge in [-0.3, -0.25) is 8.42 Å². The van der Waals surface area contributed by atoms with Crippen molar-refractivity contribution in [2.24, 2.45) is 5.92 Å². The largest absolute Gasteiger partial charge is 0.759 e. The summed E-state index contributed by atoms with van der Waals surface area (Å²) < 4.78 is 34.1. The van der Waals surface area contributed by atoms with E-state index in [1.54, 1.807) is 0 Å². The summed E-state index contributed by atoms with van der Waals surface area (Å²) in [6, 6.07) is 0. The molecule has 0 bridgehead atoms. The van der Waals surface area contributed by atoms with E-state index in [1.807, 2.05) is 0 Å². The molecule has 0 aliphatic rings. The lowest BCUT2D eigenvalue weighted by Crippen LogP contribution is -1.93. The van der Waals surface area contributed by atoms with Gasteiger partial charge in [-0.1, -0.05) is 58.8 Å². The van der Waals surface area contributed by atoms with Crippen LogP contribution < -0.4 is 0 Å². The van der Waals surface area contributed by atoms with E-state index in [2.05, 4.69) is 13.8 Å². The standard InChI is InChI=1S/C12H26O.H2O4S/c1-3-9-12(2)10-7-5-4-6-8-11-13;1-5(2,3)4/h12-13H,3-11H2,1-2H3;(H2,1,2,3,4)/p-2. The second-order valence-electron chi connectivity index (χ2n) is 4.58. The normalized spacial score (nSPS) is 12.7. The molecule has 0 spiro atoms. The summed E-state index contributed by atoms with van der Waals surface area (Å²) in [6.45, 7) is 4.99. The van der Waals surface area contributed by atoms with E-state index in [-0.39, 0.29) is 0 Å². The first-order valence-electron chi connectivity index (χ1n) is 6.58. The van der Waals surface area contributed by atoms with Crippen LogP contribution in [0.1, 0.15) is 65.2 Å². The van der Waals surface area contributed by atoms with Gasteiger partial charge in [-0.2, -0.15) is 0 Å². The van der Waals surface area contributed by atoms with Gasteiger partial charge in [0.1, 0.15) is 0 Å². The predicted octanol–water partition coefficient (Wildman–Crippen LogP) is 2.42. The van der Waals surface area contributed by atoms with Crippen molar-refractivity contribution in [2.45, 2.75) is 65.2 Å². The minimum absolute atomic E-state index is 0.367. The van der Waals surface area contributed by atoms with Crippen LogP contribution in [0, 0.1) is 5.92 Å². The second-order valence-corrected chi connectivity index (χ2v) is 5.40. The summed E-state index contributed by atoms with van der Waals surface area (Å²) in [4.78, 5) is 0.